The first-order valence-electron chi connectivity index (χ1n) is 6.72. The monoisotopic (exact) mass is 264 g/mol. The highest BCUT2D eigenvalue weighted by Crippen LogP contribution is 2.24. The van der Waals surface area contributed by atoms with Crippen LogP contribution in [0.3, 0.4) is 0 Å². The lowest BCUT2D eigenvalue weighted by Gasteiger charge is -2.39. The van der Waals surface area contributed by atoms with E-state index in [0.29, 0.717) is 0 Å². The van der Waals surface area contributed by atoms with Crippen LogP contribution in [-0.2, 0) is 6.54 Å². The summed E-state index contributed by atoms with van der Waals surface area (Å²) in [4.78, 5) is 2.46. The Kier molecular flexibility index (Phi) is 4.32. The molecule has 1 saturated heterocycles. The molecule has 0 aliphatic carbocycles. The van der Waals surface area contributed by atoms with E-state index in [2.05, 4.69) is 36.2 Å². The summed E-state index contributed by atoms with van der Waals surface area (Å²) in [5.41, 5.74) is 1.41. The molecule has 1 aromatic rings. The molecule has 0 radical (unpaired) electrons. The Balaban J connectivity index is 2.09. The van der Waals surface area contributed by atoms with Crippen LogP contribution in [-0.4, -0.2) is 44.3 Å². The summed E-state index contributed by atoms with van der Waals surface area (Å²) < 4.78 is 10.6. The SMILES string of the molecule is COc1cc(CN2CCNC(C)(C)C2)cc(OC)c1. The van der Waals surface area contributed by atoms with E-state index in [9.17, 15) is 0 Å². The minimum Gasteiger partial charge on any atom is -0.497 e. The van der Waals surface area contributed by atoms with Crippen molar-refractivity contribution in [3.63, 3.8) is 0 Å². The minimum atomic E-state index is 0.182. The maximum Gasteiger partial charge on any atom is 0.122 e. The van der Waals surface area contributed by atoms with Crippen LogP contribution in [0.1, 0.15) is 19.4 Å². The largest absolute Gasteiger partial charge is 0.497 e. The van der Waals surface area contributed by atoms with Gasteiger partial charge in [-0.25, -0.2) is 0 Å². The number of methoxy groups -OCH3 is 2. The van der Waals surface area contributed by atoms with Crippen molar-refractivity contribution in [1.29, 1.82) is 0 Å². The number of nitrogens with one attached hydrogen (secondary N) is 1. The van der Waals surface area contributed by atoms with Crippen LogP contribution < -0.4 is 14.8 Å². The molecule has 0 saturated carbocycles. The summed E-state index contributed by atoms with van der Waals surface area (Å²) in [6.45, 7) is 8.57. The molecule has 1 heterocycles. The second-order valence-corrected chi connectivity index (χ2v) is 5.74. The Morgan fingerprint density at radius 2 is 1.79 bits per heavy atom. The van der Waals surface area contributed by atoms with Gasteiger partial charge in [0.15, 0.2) is 0 Å². The molecule has 1 aliphatic heterocycles. The average molecular weight is 264 g/mol. The molecule has 0 aromatic heterocycles. The average Bonchev–Trinajstić information content (AvgIpc) is 2.37. The molecule has 1 aromatic carbocycles. The summed E-state index contributed by atoms with van der Waals surface area (Å²) in [6, 6.07) is 6.07. The topological polar surface area (TPSA) is 33.7 Å². The number of benzene rings is 1. The maximum absolute atomic E-state index is 5.32. The van der Waals surface area contributed by atoms with E-state index in [1.165, 1.54) is 5.56 Å². The smallest absolute Gasteiger partial charge is 0.122 e. The van der Waals surface area contributed by atoms with Crippen molar-refractivity contribution in [3.05, 3.63) is 23.8 Å². The highest BCUT2D eigenvalue weighted by Gasteiger charge is 2.25. The van der Waals surface area contributed by atoms with Crippen molar-refractivity contribution in [1.82, 2.24) is 10.2 Å². The van der Waals surface area contributed by atoms with Crippen molar-refractivity contribution >= 4 is 0 Å². The van der Waals surface area contributed by atoms with Gasteiger partial charge in [0.1, 0.15) is 11.5 Å². The molecule has 1 fully saturated rings. The van der Waals surface area contributed by atoms with Crippen molar-refractivity contribution in [2.45, 2.75) is 25.9 Å². The van der Waals surface area contributed by atoms with Crippen LogP contribution in [0.2, 0.25) is 0 Å². The number of piperazine rings is 1. The molecule has 1 N–H and O–H groups in total. The predicted molar refractivity (Wildman–Crippen MR) is 76.9 cm³/mol. The molecule has 0 amide bonds. The van der Waals surface area contributed by atoms with Gasteiger partial charge in [0.25, 0.3) is 0 Å². The number of ether oxygens (including phenoxy) is 2. The minimum absolute atomic E-state index is 0.182. The van der Waals surface area contributed by atoms with Gasteiger partial charge in [-0.15, -0.1) is 0 Å². The maximum atomic E-state index is 5.32. The molecule has 0 spiro atoms. The van der Waals surface area contributed by atoms with Gasteiger partial charge in [0.05, 0.1) is 14.2 Å². The lowest BCUT2D eigenvalue weighted by atomic mass is 10.0. The van der Waals surface area contributed by atoms with Crippen LogP contribution in [0.5, 0.6) is 11.5 Å². The van der Waals surface area contributed by atoms with Gasteiger partial charge in [-0.2, -0.15) is 0 Å². The zero-order chi connectivity index (χ0) is 13.9. The molecule has 0 atom stereocenters. The summed E-state index contributed by atoms with van der Waals surface area (Å²) >= 11 is 0. The summed E-state index contributed by atoms with van der Waals surface area (Å²) in [6.07, 6.45) is 0. The van der Waals surface area contributed by atoms with Crippen LogP contribution in [0.4, 0.5) is 0 Å². The van der Waals surface area contributed by atoms with Crippen LogP contribution in [0, 0.1) is 0 Å². The van der Waals surface area contributed by atoms with E-state index in [-0.39, 0.29) is 5.54 Å². The molecule has 1 aliphatic rings. The quantitative estimate of drug-likeness (QED) is 0.900. The van der Waals surface area contributed by atoms with E-state index < -0.39 is 0 Å². The third-order valence-corrected chi connectivity index (χ3v) is 3.47. The lowest BCUT2D eigenvalue weighted by molar-refractivity contribution is 0.148. The van der Waals surface area contributed by atoms with E-state index in [1.54, 1.807) is 14.2 Å². The molecule has 0 bridgehead atoms. The Morgan fingerprint density at radius 1 is 1.16 bits per heavy atom. The van der Waals surface area contributed by atoms with Gasteiger partial charge in [0.2, 0.25) is 0 Å². The Morgan fingerprint density at radius 3 is 2.32 bits per heavy atom. The Labute approximate surface area is 115 Å². The Hall–Kier alpha value is -1.26. The molecule has 4 nitrogen and oxygen atoms in total. The van der Waals surface area contributed by atoms with E-state index in [1.807, 2.05) is 6.07 Å². The molecule has 0 unspecified atom stereocenters. The number of hydrogen-bond donors (Lipinski definition) is 1. The first kappa shape index (κ1) is 14.2. The second-order valence-electron chi connectivity index (χ2n) is 5.74. The summed E-state index contributed by atoms with van der Waals surface area (Å²) in [7, 11) is 3.37. The van der Waals surface area contributed by atoms with Crippen molar-refractivity contribution in [2.75, 3.05) is 33.9 Å². The van der Waals surface area contributed by atoms with Gasteiger partial charge < -0.3 is 14.8 Å². The molecule has 4 heteroatoms. The van der Waals surface area contributed by atoms with E-state index >= 15 is 0 Å². The fourth-order valence-corrected chi connectivity index (χ4v) is 2.60. The van der Waals surface area contributed by atoms with Gasteiger partial charge in [-0.3, -0.25) is 4.90 Å². The zero-order valence-corrected chi connectivity index (χ0v) is 12.3. The summed E-state index contributed by atoms with van der Waals surface area (Å²) in [5.74, 6) is 1.70. The lowest BCUT2D eigenvalue weighted by Crippen LogP contribution is -2.56. The third-order valence-electron chi connectivity index (χ3n) is 3.47. The second kappa shape index (κ2) is 5.80. The zero-order valence-electron chi connectivity index (χ0n) is 12.3. The van der Waals surface area contributed by atoms with Crippen molar-refractivity contribution < 1.29 is 9.47 Å². The third kappa shape index (κ3) is 3.85. The van der Waals surface area contributed by atoms with Crippen molar-refractivity contribution in [2.24, 2.45) is 0 Å². The van der Waals surface area contributed by atoms with E-state index in [0.717, 1.165) is 37.7 Å². The number of rotatable bonds is 4. The van der Waals surface area contributed by atoms with Crippen LogP contribution in [0.25, 0.3) is 0 Å². The fourth-order valence-electron chi connectivity index (χ4n) is 2.60. The predicted octanol–water partition coefficient (Wildman–Crippen LogP) is 1.89. The first-order valence-corrected chi connectivity index (χ1v) is 6.72. The molecule has 19 heavy (non-hydrogen) atoms. The fraction of sp³-hybridized carbons (Fsp3) is 0.600. The standard InChI is InChI=1S/C15H24N2O2/c1-15(2)11-17(6-5-16-15)10-12-7-13(18-3)9-14(8-12)19-4/h7-9,16H,5-6,10-11H2,1-4H3. The van der Waals surface area contributed by atoms with Gasteiger partial charge in [-0.05, 0) is 31.5 Å². The van der Waals surface area contributed by atoms with Gasteiger partial charge >= 0.3 is 0 Å². The molecule has 2 rings (SSSR count). The first-order chi connectivity index (χ1) is 9.02. The molecular weight excluding hydrogens is 240 g/mol. The normalized spacial score (nSPS) is 19.2. The number of nitrogens with zero attached hydrogens (tertiary/aromatic N) is 1. The molecule has 106 valence electrons. The highest BCUT2D eigenvalue weighted by atomic mass is 16.5. The van der Waals surface area contributed by atoms with Gasteiger partial charge in [0, 0.05) is 37.8 Å². The highest BCUT2D eigenvalue weighted by molar-refractivity contribution is 5.38. The van der Waals surface area contributed by atoms with Crippen LogP contribution >= 0.6 is 0 Å². The van der Waals surface area contributed by atoms with Crippen molar-refractivity contribution in [3.8, 4) is 11.5 Å². The molecular formula is C15H24N2O2. The summed E-state index contributed by atoms with van der Waals surface area (Å²) in [5, 5.41) is 3.53. The Bertz CT molecular complexity index is 410. The van der Waals surface area contributed by atoms with Crippen LogP contribution in [0.15, 0.2) is 18.2 Å². The number of hydrogen-bond acceptors (Lipinski definition) is 4. The van der Waals surface area contributed by atoms with E-state index in [4.69, 9.17) is 9.47 Å². The van der Waals surface area contributed by atoms with Gasteiger partial charge in [-0.1, -0.05) is 0 Å².